The first kappa shape index (κ1) is 54.2. The van der Waals surface area contributed by atoms with Gasteiger partial charge in [-0.25, -0.2) is 13.4 Å². The SMILES string of the molecule is CCCCN(CCCC)CCCC.CCCCN(CCCC)CCCC.Cc1cn([C@H]2C[C@H](N=[N+]=[N-])[C@@H](COP3OP(=O)(O)C(Cl)(Cl)P(=O)(O)O3)O2)c(=O)[nH]c1=O. The molecular weight excluding hydrogens is 842 g/mol. The van der Waals surface area contributed by atoms with Crippen LogP contribution in [0.25, 0.3) is 10.4 Å². The van der Waals surface area contributed by atoms with Gasteiger partial charge in [0.05, 0.1) is 18.8 Å². The Balaban J connectivity index is 0.000000517. The first-order chi connectivity index (χ1) is 27.0. The van der Waals surface area contributed by atoms with Crippen molar-refractivity contribution >= 4 is 47.0 Å². The molecular formula is C35H68Cl2N7O10P3. The number of halogens is 2. The normalized spacial score (nSPS) is 25.4. The van der Waals surface area contributed by atoms with Gasteiger partial charge in [-0.3, -0.25) is 23.5 Å². The zero-order valence-electron chi connectivity index (χ0n) is 34.9. The predicted molar refractivity (Wildman–Crippen MR) is 229 cm³/mol. The average molecular weight is 911 g/mol. The third-order valence-electron chi connectivity index (χ3n) is 9.21. The van der Waals surface area contributed by atoms with Gasteiger partial charge < -0.3 is 28.8 Å². The number of hydrogen-bond acceptors (Lipinski definition) is 11. The average Bonchev–Trinajstić information content (AvgIpc) is 3.56. The molecule has 0 saturated carbocycles. The fourth-order valence-corrected chi connectivity index (χ4v) is 11.9. The summed E-state index contributed by atoms with van der Waals surface area (Å²) in [4.78, 5) is 53.2. The van der Waals surface area contributed by atoms with E-state index < -0.39 is 63.8 Å². The lowest BCUT2D eigenvalue weighted by atomic mass is 10.1. The number of aryl methyl sites for hydroxylation is 1. The molecule has 3 rings (SSSR count). The Labute approximate surface area is 350 Å². The van der Waals surface area contributed by atoms with Crippen molar-refractivity contribution in [2.75, 3.05) is 45.9 Å². The van der Waals surface area contributed by atoms with Crippen LogP contribution in [0.3, 0.4) is 0 Å². The van der Waals surface area contributed by atoms with Gasteiger partial charge in [0.2, 0.25) is 0 Å². The number of ether oxygens (including phenoxy) is 1. The fraction of sp³-hybridized carbons (Fsp3) is 0.886. The number of azide groups is 1. The molecule has 0 aromatic carbocycles. The van der Waals surface area contributed by atoms with Crippen LogP contribution in [0, 0.1) is 6.92 Å². The number of nitrogens with zero attached hydrogens (tertiary/aromatic N) is 6. The van der Waals surface area contributed by atoms with Crippen LogP contribution >= 0.6 is 47.0 Å². The smallest absolute Gasteiger partial charge is 0.352 e. The maximum absolute atomic E-state index is 12.1. The summed E-state index contributed by atoms with van der Waals surface area (Å²) in [6.07, 6.45) is 15.5. The number of aromatic amines is 1. The van der Waals surface area contributed by atoms with E-state index in [9.17, 15) is 28.5 Å². The summed E-state index contributed by atoms with van der Waals surface area (Å²) in [5.74, 6) is 0. The quantitative estimate of drug-likeness (QED) is 0.0307. The minimum absolute atomic E-state index is 0.0204. The highest BCUT2D eigenvalue weighted by Crippen LogP contribution is 2.87. The van der Waals surface area contributed by atoms with E-state index in [0.29, 0.717) is 0 Å². The number of rotatable bonds is 23. The summed E-state index contributed by atoms with van der Waals surface area (Å²) in [6.45, 7) is 22.5. The maximum Gasteiger partial charge on any atom is 0.383 e. The second kappa shape index (κ2) is 28.6. The van der Waals surface area contributed by atoms with Crippen molar-refractivity contribution in [1.29, 1.82) is 0 Å². The molecule has 332 valence electrons. The van der Waals surface area contributed by atoms with Gasteiger partial charge in [-0.1, -0.05) is 108 Å². The van der Waals surface area contributed by atoms with Crippen molar-refractivity contribution in [1.82, 2.24) is 19.4 Å². The van der Waals surface area contributed by atoms with E-state index >= 15 is 0 Å². The second-order valence-corrected chi connectivity index (χ2v) is 22.3. The van der Waals surface area contributed by atoms with Crippen LogP contribution in [0.5, 0.6) is 0 Å². The third-order valence-corrected chi connectivity index (χ3v) is 17.8. The highest BCUT2D eigenvalue weighted by Gasteiger charge is 2.67. The van der Waals surface area contributed by atoms with E-state index in [1.807, 2.05) is 0 Å². The molecule has 3 heterocycles. The van der Waals surface area contributed by atoms with E-state index in [4.69, 9.17) is 38.0 Å². The van der Waals surface area contributed by atoms with Crippen molar-refractivity contribution < 1.29 is 36.8 Å². The van der Waals surface area contributed by atoms with E-state index in [1.165, 1.54) is 129 Å². The summed E-state index contributed by atoms with van der Waals surface area (Å²) >= 11 is 10.9. The first-order valence-electron chi connectivity index (χ1n) is 20.3. The fourth-order valence-electron chi connectivity index (χ4n) is 5.62. The highest BCUT2D eigenvalue weighted by molar-refractivity contribution is 7.86. The van der Waals surface area contributed by atoms with E-state index in [-0.39, 0.29) is 12.0 Å². The number of hydrogen-bond donors (Lipinski definition) is 3. The Hall–Kier alpha value is -0.860. The summed E-state index contributed by atoms with van der Waals surface area (Å²) in [5.41, 5.74) is 7.69. The second-order valence-electron chi connectivity index (χ2n) is 14.2. The van der Waals surface area contributed by atoms with Gasteiger partial charge in [-0.2, -0.15) is 0 Å². The Bertz CT molecular complexity index is 1460. The molecule has 3 N–H and O–H groups in total. The van der Waals surface area contributed by atoms with Crippen LogP contribution < -0.4 is 11.2 Å². The lowest BCUT2D eigenvalue weighted by Crippen LogP contribution is -2.33. The number of aromatic nitrogens is 2. The summed E-state index contributed by atoms with van der Waals surface area (Å²) < 4.78 is 42.1. The van der Waals surface area contributed by atoms with Crippen molar-refractivity contribution in [2.24, 2.45) is 5.11 Å². The number of unbranched alkanes of at least 4 members (excludes halogenated alkanes) is 6. The van der Waals surface area contributed by atoms with Gasteiger partial charge >= 0.3 is 33.3 Å². The Morgan fingerprint density at radius 3 is 1.65 bits per heavy atom. The standard InChI is InChI=1S/2C12H27N.C11H14Cl2N5O10P3/c2*1-4-7-10-13(11-8-5-2)12-9-6-3;1-5-3-18(10(20)15-9(5)19)8-2-6(16-17-14)7(26-8)4-25-29-27-30(21,22)11(12,13)31(23,24)28-29/h2*4-12H2,1-3H3;3,6-8H,2,4H2,1H3,(H,21,22)(H,23,24)(H,15,19,20)/t;;6-,7+,8+/m..0/s1. The van der Waals surface area contributed by atoms with Gasteiger partial charge in [0.25, 0.3) is 5.56 Å². The van der Waals surface area contributed by atoms with Crippen LogP contribution in [-0.2, 0) is 27.0 Å². The maximum atomic E-state index is 12.1. The third kappa shape index (κ3) is 18.7. The van der Waals surface area contributed by atoms with Crippen molar-refractivity contribution in [2.45, 2.75) is 154 Å². The first-order valence-corrected chi connectivity index (χ1v) is 25.3. The molecule has 2 fully saturated rings. The van der Waals surface area contributed by atoms with Crippen molar-refractivity contribution in [3.05, 3.63) is 43.0 Å². The molecule has 17 nitrogen and oxygen atoms in total. The molecule has 0 spiro atoms. The lowest BCUT2D eigenvalue weighted by molar-refractivity contribution is -0.0238. The highest BCUT2D eigenvalue weighted by atomic mass is 35.5. The van der Waals surface area contributed by atoms with Gasteiger partial charge in [-0.05, 0) is 90.2 Å². The van der Waals surface area contributed by atoms with Crippen molar-refractivity contribution in [3.63, 3.8) is 0 Å². The molecule has 57 heavy (non-hydrogen) atoms. The lowest BCUT2D eigenvalue weighted by Gasteiger charge is -2.35. The molecule has 1 aromatic rings. The van der Waals surface area contributed by atoms with Crippen LogP contribution in [0.4, 0.5) is 0 Å². The molecule has 2 saturated heterocycles. The van der Waals surface area contributed by atoms with E-state index in [2.05, 4.69) is 75.0 Å². The zero-order chi connectivity index (χ0) is 43.1. The van der Waals surface area contributed by atoms with Crippen LogP contribution in [-0.4, -0.2) is 91.0 Å². The number of nitrogens with one attached hydrogen (secondary N) is 1. The number of alkyl halides is 2. The molecule has 22 heteroatoms. The summed E-state index contributed by atoms with van der Waals surface area (Å²) in [7, 11) is -12.9. The summed E-state index contributed by atoms with van der Waals surface area (Å²) in [5, 5.41) is 3.56. The zero-order valence-corrected chi connectivity index (χ0v) is 39.1. The van der Waals surface area contributed by atoms with Crippen LogP contribution in [0.15, 0.2) is 20.9 Å². The molecule has 2 aliphatic heterocycles. The Kier molecular flexibility index (Phi) is 27.2. The molecule has 2 aliphatic rings. The van der Waals surface area contributed by atoms with Gasteiger partial charge in [0.1, 0.15) is 6.23 Å². The molecule has 2 unspecified atom stereocenters. The minimum Gasteiger partial charge on any atom is -0.352 e. The molecule has 1 aromatic heterocycles. The largest absolute Gasteiger partial charge is 0.383 e. The molecule has 0 amide bonds. The van der Waals surface area contributed by atoms with E-state index in [1.54, 1.807) is 0 Å². The minimum atomic E-state index is -5.04. The van der Waals surface area contributed by atoms with E-state index in [0.717, 1.165) is 4.57 Å². The van der Waals surface area contributed by atoms with Gasteiger partial charge in [0.15, 0.2) is 0 Å². The molecule has 0 radical (unpaired) electrons. The topological polar surface area (TPSA) is 222 Å². The molecule has 5 atom stereocenters. The number of H-pyrrole nitrogens is 1. The Morgan fingerprint density at radius 1 is 0.877 bits per heavy atom. The monoisotopic (exact) mass is 909 g/mol. The van der Waals surface area contributed by atoms with Gasteiger partial charge in [-0.15, -0.1) is 0 Å². The van der Waals surface area contributed by atoms with Crippen LogP contribution in [0.2, 0.25) is 0 Å². The van der Waals surface area contributed by atoms with Crippen LogP contribution in [0.1, 0.15) is 137 Å². The van der Waals surface area contributed by atoms with Gasteiger partial charge in [0, 0.05) is 23.1 Å². The summed E-state index contributed by atoms with van der Waals surface area (Å²) in [6, 6.07) is -0.865. The molecule has 0 bridgehead atoms. The Morgan fingerprint density at radius 2 is 1.28 bits per heavy atom. The van der Waals surface area contributed by atoms with Crippen molar-refractivity contribution in [3.8, 4) is 0 Å². The predicted octanol–water partition coefficient (Wildman–Crippen LogP) is 9.94. The molecule has 0 aliphatic carbocycles.